The van der Waals surface area contributed by atoms with Crippen LogP contribution in [0.1, 0.15) is 27.0 Å². The minimum atomic E-state index is -0.998. The number of carboxylic acid groups (broad SMARTS) is 1. The van der Waals surface area contributed by atoms with Gasteiger partial charge in [0.1, 0.15) is 11.6 Å². The lowest BCUT2D eigenvalue weighted by atomic mass is 10.1. The van der Waals surface area contributed by atoms with Crippen LogP contribution < -0.4 is 15.4 Å². The average Bonchev–Trinajstić information content (AvgIpc) is 2.66. The summed E-state index contributed by atoms with van der Waals surface area (Å²) in [5.41, 5.74) is 2.31. The third kappa shape index (κ3) is 4.95. The Morgan fingerprint density at radius 1 is 1.15 bits per heavy atom. The summed E-state index contributed by atoms with van der Waals surface area (Å²) in [7, 11) is 0. The molecule has 0 atom stereocenters. The van der Waals surface area contributed by atoms with E-state index in [2.05, 4.69) is 10.6 Å². The number of halogens is 1. The number of carbonyl (C=O) groups excluding carboxylic acids is 1. The number of nitrogens with one attached hydrogen (secondary N) is 2. The summed E-state index contributed by atoms with van der Waals surface area (Å²) in [6.45, 7) is 1.00. The minimum absolute atomic E-state index is 0.125. The van der Waals surface area contributed by atoms with Crippen molar-refractivity contribution in [1.82, 2.24) is 10.6 Å². The molecule has 2 amide bonds. The molecule has 3 N–H and O–H groups in total. The van der Waals surface area contributed by atoms with Crippen LogP contribution in [0.25, 0.3) is 0 Å². The van der Waals surface area contributed by atoms with Gasteiger partial charge < -0.3 is 25.2 Å². The highest BCUT2D eigenvalue weighted by molar-refractivity contribution is 5.87. The molecule has 2 aromatic rings. The highest BCUT2D eigenvalue weighted by Crippen LogP contribution is 2.29. The number of hydrogen-bond donors (Lipinski definition) is 3. The molecule has 0 bridgehead atoms. The number of rotatable bonds is 6. The van der Waals surface area contributed by atoms with Gasteiger partial charge in [0.05, 0.1) is 12.2 Å². The fraction of sp³-hybridized carbons (Fsp3) is 0.263. The van der Waals surface area contributed by atoms with E-state index >= 15 is 0 Å². The Labute approximate surface area is 155 Å². The fourth-order valence-corrected chi connectivity index (χ4v) is 2.76. The van der Waals surface area contributed by atoms with E-state index in [1.54, 1.807) is 12.1 Å². The predicted octanol–water partition coefficient (Wildman–Crippen LogP) is 2.43. The number of aromatic carboxylic acids is 1. The van der Waals surface area contributed by atoms with Crippen molar-refractivity contribution in [2.45, 2.75) is 19.6 Å². The van der Waals surface area contributed by atoms with Crippen LogP contribution in [-0.2, 0) is 24.3 Å². The minimum Gasteiger partial charge on any atom is -0.478 e. The van der Waals surface area contributed by atoms with Crippen molar-refractivity contribution in [3.63, 3.8) is 0 Å². The van der Waals surface area contributed by atoms with Crippen LogP contribution in [0.15, 0.2) is 36.4 Å². The van der Waals surface area contributed by atoms with Crippen LogP contribution in [0, 0.1) is 5.82 Å². The molecule has 8 heteroatoms. The zero-order chi connectivity index (χ0) is 19.2. The van der Waals surface area contributed by atoms with Crippen LogP contribution in [0.5, 0.6) is 5.75 Å². The van der Waals surface area contributed by atoms with Gasteiger partial charge in [0.15, 0.2) is 6.79 Å². The Morgan fingerprint density at radius 3 is 2.67 bits per heavy atom. The number of carboxylic acids is 1. The van der Waals surface area contributed by atoms with E-state index in [1.165, 1.54) is 24.3 Å². The van der Waals surface area contributed by atoms with Crippen molar-refractivity contribution in [1.29, 1.82) is 0 Å². The van der Waals surface area contributed by atoms with E-state index in [9.17, 15) is 14.0 Å². The number of amides is 2. The number of fused-ring (bicyclic) bond motifs is 1. The first-order valence-electron chi connectivity index (χ1n) is 8.38. The van der Waals surface area contributed by atoms with Gasteiger partial charge in [-0.3, -0.25) is 0 Å². The van der Waals surface area contributed by atoms with Crippen molar-refractivity contribution in [2.24, 2.45) is 0 Å². The van der Waals surface area contributed by atoms with Gasteiger partial charge in [-0.05, 0) is 41.8 Å². The molecular formula is C19H19FN2O5. The molecule has 7 nitrogen and oxygen atoms in total. The molecule has 0 spiro atoms. The van der Waals surface area contributed by atoms with Gasteiger partial charge in [0.25, 0.3) is 0 Å². The first-order chi connectivity index (χ1) is 13.0. The number of ether oxygens (including phenoxy) is 2. The highest BCUT2D eigenvalue weighted by Gasteiger charge is 2.16. The molecule has 0 aliphatic carbocycles. The summed E-state index contributed by atoms with van der Waals surface area (Å²) in [6.07, 6.45) is 0.417. The maximum absolute atomic E-state index is 13.7. The summed E-state index contributed by atoms with van der Waals surface area (Å²) < 4.78 is 24.3. The van der Waals surface area contributed by atoms with Crippen molar-refractivity contribution in [3.05, 3.63) is 64.5 Å². The van der Waals surface area contributed by atoms with Crippen LogP contribution in [-0.4, -0.2) is 30.4 Å². The maximum Gasteiger partial charge on any atom is 0.335 e. The molecule has 1 aliphatic heterocycles. The quantitative estimate of drug-likeness (QED) is 0.722. The molecule has 0 radical (unpaired) electrons. The van der Waals surface area contributed by atoms with Crippen LogP contribution in [0.2, 0.25) is 0 Å². The fourth-order valence-electron chi connectivity index (χ4n) is 2.76. The number of benzene rings is 2. The van der Waals surface area contributed by atoms with Gasteiger partial charge >= 0.3 is 12.0 Å². The van der Waals surface area contributed by atoms with E-state index in [0.717, 1.165) is 5.56 Å². The Morgan fingerprint density at radius 2 is 1.93 bits per heavy atom. The Hall–Kier alpha value is -3.13. The second-order valence-corrected chi connectivity index (χ2v) is 6.03. The van der Waals surface area contributed by atoms with Crippen molar-refractivity contribution in [2.75, 3.05) is 13.3 Å². The maximum atomic E-state index is 13.7. The normalized spacial score (nSPS) is 12.6. The molecule has 3 rings (SSSR count). The first-order valence-corrected chi connectivity index (χ1v) is 8.38. The molecule has 1 heterocycles. The molecule has 0 saturated heterocycles. The molecule has 0 unspecified atom stereocenters. The lowest BCUT2D eigenvalue weighted by Gasteiger charge is -2.21. The average molecular weight is 374 g/mol. The molecular weight excluding hydrogens is 355 g/mol. The van der Waals surface area contributed by atoms with E-state index in [-0.39, 0.29) is 30.7 Å². The SMILES string of the molecule is O=C(NCCc1cc(F)cc2c1OCOC2)NCc1ccc(C(=O)O)cc1. The summed E-state index contributed by atoms with van der Waals surface area (Å²) in [5.74, 6) is -0.752. The summed E-state index contributed by atoms with van der Waals surface area (Å²) in [5, 5.41) is 14.2. The molecule has 142 valence electrons. The zero-order valence-corrected chi connectivity index (χ0v) is 14.5. The molecule has 2 aromatic carbocycles. The van der Waals surface area contributed by atoms with Gasteiger partial charge in [-0.15, -0.1) is 0 Å². The lowest BCUT2D eigenvalue weighted by molar-refractivity contribution is -0.0172. The van der Waals surface area contributed by atoms with E-state index in [4.69, 9.17) is 14.6 Å². The van der Waals surface area contributed by atoms with E-state index in [1.807, 2.05) is 0 Å². The number of hydrogen-bond acceptors (Lipinski definition) is 4. The Balaban J connectivity index is 1.47. The third-order valence-corrected chi connectivity index (χ3v) is 4.09. The van der Waals surface area contributed by atoms with Gasteiger partial charge in [0, 0.05) is 18.7 Å². The predicted molar refractivity (Wildman–Crippen MR) is 94.0 cm³/mol. The second kappa shape index (κ2) is 8.50. The largest absolute Gasteiger partial charge is 0.478 e. The summed E-state index contributed by atoms with van der Waals surface area (Å²) >= 11 is 0. The third-order valence-electron chi connectivity index (χ3n) is 4.09. The molecule has 0 aromatic heterocycles. The molecule has 27 heavy (non-hydrogen) atoms. The van der Waals surface area contributed by atoms with Crippen LogP contribution >= 0.6 is 0 Å². The van der Waals surface area contributed by atoms with E-state index in [0.29, 0.717) is 36.4 Å². The Bertz CT molecular complexity index is 839. The van der Waals surface area contributed by atoms with Crippen molar-refractivity contribution >= 4 is 12.0 Å². The smallest absolute Gasteiger partial charge is 0.335 e. The standard InChI is InChI=1S/C19H19FN2O5/c20-16-7-14(17-15(8-16)10-26-11-27-17)5-6-21-19(25)22-9-12-1-3-13(4-2-12)18(23)24/h1-4,7-8H,5-6,9-11H2,(H,23,24)(H2,21,22,25). The molecule has 0 fully saturated rings. The summed E-state index contributed by atoms with van der Waals surface area (Å²) in [6, 6.07) is 8.65. The van der Waals surface area contributed by atoms with Gasteiger partial charge in [-0.2, -0.15) is 0 Å². The number of carbonyl (C=O) groups is 2. The number of urea groups is 1. The van der Waals surface area contributed by atoms with Gasteiger partial charge in [-0.25, -0.2) is 14.0 Å². The van der Waals surface area contributed by atoms with Crippen LogP contribution in [0.3, 0.4) is 0 Å². The van der Waals surface area contributed by atoms with E-state index < -0.39 is 5.97 Å². The van der Waals surface area contributed by atoms with Gasteiger partial charge in [-0.1, -0.05) is 12.1 Å². The second-order valence-electron chi connectivity index (χ2n) is 6.03. The topological polar surface area (TPSA) is 96.9 Å². The van der Waals surface area contributed by atoms with Crippen molar-refractivity contribution < 1.29 is 28.6 Å². The highest BCUT2D eigenvalue weighted by atomic mass is 19.1. The monoisotopic (exact) mass is 374 g/mol. The molecule has 0 saturated carbocycles. The Kier molecular flexibility index (Phi) is 5.87. The van der Waals surface area contributed by atoms with Crippen molar-refractivity contribution in [3.8, 4) is 5.75 Å². The molecule has 1 aliphatic rings. The van der Waals surface area contributed by atoms with Gasteiger partial charge in [0.2, 0.25) is 0 Å². The summed E-state index contributed by atoms with van der Waals surface area (Å²) in [4.78, 5) is 22.7. The zero-order valence-electron chi connectivity index (χ0n) is 14.5. The lowest BCUT2D eigenvalue weighted by Crippen LogP contribution is -2.36. The first kappa shape index (κ1) is 18.7. The van der Waals surface area contributed by atoms with Crippen LogP contribution in [0.4, 0.5) is 9.18 Å².